The first-order valence-corrected chi connectivity index (χ1v) is 4.49. The van der Waals surface area contributed by atoms with E-state index in [1.165, 1.54) is 0 Å². The van der Waals surface area contributed by atoms with Gasteiger partial charge in [0, 0.05) is 19.3 Å². The fraction of sp³-hybridized carbons (Fsp3) is 0.778. The fourth-order valence-corrected chi connectivity index (χ4v) is 0.942. The van der Waals surface area contributed by atoms with Crippen molar-refractivity contribution in [3.8, 4) is 0 Å². The van der Waals surface area contributed by atoms with Gasteiger partial charge in [-0.15, -0.1) is 6.58 Å². The summed E-state index contributed by atoms with van der Waals surface area (Å²) in [5.41, 5.74) is 2.73. The Kier molecular flexibility index (Phi) is 8.44. The summed E-state index contributed by atoms with van der Waals surface area (Å²) in [6, 6.07) is 0.305. The van der Waals surface area contributed by atoms with E-state index in [4.69, 9.17) is 10.6 Å². The minimum atomic E-state index is 0.305. The zero-order valence-corrected chi connectivity index (χ0v) is 7.88. The molecule has 0 spiro atoms. The Balaban J connectivity index is 3.25. The standard InChI is InChI=1S/C9H20N2O/c1-3-5-9(11-10)6-8-12-7-4-2/h3,9,11H,1,4-8,10H2,2H3. The average Bonchev–Trinajstić information content (AvgIpc) is 2.10. The van der Waals surface area contributed by atoms with Crippen LogP contribution in [0.4, 0.5) is 0 Å². The second-order valence-electron chi connectivity index (χ2n) is 2.79. The van der Waals surface area contributed by atoms with Crippen LogP contribution in [-0.2, 0) is 4.74 Å². The molecule has 72 valence electrons. The monoisotopic (exact) mass is 172 g/mol. The van der Waals surface area contributed by atoms with Gasteiger partial charge in [-0.05, 0) is 19.3 Å². The van der Waals surface area contributed by atoms with Gasteiger partial charge >= 0.3 is 0 Å². The lowest BCUT2D eigenvalue weighted by Gasteiger charge is -2.13. The molecule has 0 aliphatic heterocycles. The van der Waals surface area contributed by atoms with E-state index >= 15 is 0 Å². The number of nitrogens with two attached hydrogens (primary N) is 1. The van der Waals surface area contributed by atoms with Gasteiger partial charge in [0.05, 0.1) is 0 Å². The predicted octanol–water partition coefficient (Wildman–Crippen LogP) is 1.21. The Hall–Kier alpha value is -0.380. The molecule has 0 fully saturated rings. The molecule has 0 saturated carbocycles. The highest BCUT2D eigenvalue weighted by atomic mass is 16.5. The van der Waals surface area contributed by atoms with E-state index in [1.54, 1.807) is 0 Å². The molecule has 3 heteroatoms. The lowest BCUT2D eigenvalue weighted by Crippen LogP contribution is -2.35. The van der Waals surface area contributed by atoms with Crippen LogP contribution in [-0.4, -0.2) is 19.3 Å². The first-order valence-electron chi connectivity index (χ1n) is 4.49. The topological polar surface area (TPSA) is 47.3 Å². The normalized spacial score (nSPS) is 12.8. The van der Waals surface area contributed by atoms with E-state index in [2.05, 4.69) is 18.9 Å². The van der Waals surface area contributed by atoms with Crippen LogP contribution in [0.2, 0.25) is 0 Å². The van der Waals surface area contributed by atoms with Gasteiger partial charge in [0.25, 0.3) is 0 Å². The van der Waals surface area contributed by atoms with Crippen LogP contribution in [0.5, 0.6) is 0 Å². The molecule has 0 aliphatic rings. The smallest absolute Gasteiger partial charge is 0.0481 e. The highest BCUT2D eigenvalue weighted by Gasteiger charge is 2.02. The van der Waals surface area contributed by atoms with Crippen molar-refractivity contribution in [2.75, 3.05) is 13.2 Å². The van der Waals surface area contributed by atoms with Crippen LogP contribution in [0.1, 0.15) is 26.2 Å². The molecule has 3 N–H and O–H groups in total. The van der Waals surface area contributed by atoms with Crippen LogP contribution < -0.4 is 11.3 Å². The van der Waals surface area contributed by atoms with Crippen LogP contribution in [0.15, 0.2) is 12.7 Å². The lowest BCUT2D eigenvalue weighted by atomic mass is 10.1. The van der Waals surface area contributed by atoms with Crippen molar-refractivity contribution in [2.45, 2.75) is 32.2 Å². The molecule has 0 saturated heterocycles. The van der Waals surface area contributed by atoms with Crippen molar-refractivity contribution >= 4 is 0 Å². The second-order valence-corrected chi connectivity index (χ2v) is 2.79. The van der Waals surface area contributed by atoms with E-state index in [-0.39, 0.29) is 0 Å². The second kappa shape index (κ2) is 8.71. The first-order chi connectivity index (χ1) is 5.85. The Labute approximate surface area is 74.9 Å². The lowest BCUT2D eigenvalue weighted by molar-refractivity contribution is 0.124. The van der Waals surface area contributed by atoms with Crippen molar-refractivity contribution in [2.24, 2.45) is 5.84 Å². The molecule has 0 amide bonds. The molecule has 0 rings (SSSR count). The Morgan fingerprint density at radius 3 is 2.83 bits per heavy atom. The largest absolute Gasteiger partial charge is 0.381 e. The van der Waals surface area contributed by atoms with E-state index in [0.29, 0.717) is 6.04 Å². The summed E-state index contributed by atoms with van der Waals surface area (Å²) in [7, 11) is 0. The minimum absolute atomic E-state index is 0.305. The zero-order valence-electron chi connectivity index (χ0n) is 7.88. The third kappa shape index (κ3) is 6.34. The summed E-state index contributed by atoms with van der Waals surface area (Å²) in [6.45, 7) is 7.37. The SMILES string of the molecule is C=CCC(CCOCCC)NN. The number of nitrogens with one attached hydrogen (secondary N) is 1. The molecule has 0 aliphatic carbocycles. The van der Waals surface area contributed by atoms with Crippen molar-refractivity contribution in [1.82, 2.24) is 5.43 Å². The third-order valence-electron chi connectivity index (χ3n) is 1.65. The molecule has 0 aromatic rings. The van der Waals surface area contributed by atoms with E-state index in [1.807, 2.05) is 6.08 Å². The number of hydrogen-bond donors (Lipinski definition) is 2. The van der Waals surface area contributed by atoms with E-state index in [0.717, 1.165) is 32.5 Å². The first kappa shape index (κ1) is 11.6. The third-order valence-corrected chi connectivity index (χ3v) is 1.65. The summed E-state index contributed by atoms with van der Waals surface area (Å²) in [5, 5.41) is 0. The highest BCUT2D eigenvalue weighted by molar-refractivity contribution is 4.76. The van der Waals surface area contributed by atoms with Crippen molar-refractivity contribution < 1.29 is 4.74 Å². The molecule has 3 nitrogen and oxygen atoms in total. The molecule has 0 bridgehead atoms. The Bertz CT molecular complexity index is 107. The van der Waals surface area contributed by atoms with Crippen molar-refractivity contribution in [3.05, 3.63) is 12.7 Å². The zero-order chi connectivity index (χ0) is 9.23. The fourth-order valence-electron chi connectivity index (χ4n) is 0.942. The highest BCUT2D eigenvalue weighted by Crippen LogP contribution is 1.97. The van der Waals surface area contributed by atoms with Crippen molar-refractivity contribution in [1.29, 1.82) is 0 Å². The molecular weight excluding hydrogens is 152 g/mol. The number of ether oxygens (including phenoxy) is 1. The maximum absolute atomic E-state index is 5.33. The van der Waals surface area contributed by atoms with E-state index < -0.39 is 0 Å². The minimum Gasteiger partial charge on any atom is -0.381 e. The average molecular weight is 172 g/mol. The van der Waals surface area contributed by atoms with Crippen LogP contribution in [0.3, 0.4) is 0 Å². The van der Waals surface area contributed by atoms with Crippen LogP contribution >= 0.6 is 0 Å². The Morgan fingerprint density at radius 2 is 2.33 bits per heavy atom. The summed E-state index contributed by atoms with van der Waals surface area (Å²) in [6.07, 6.45) is 4.78. The van der Waals surface area contributed by atoms with Gasteiger partial charge in [0.2, 0.25) is 0 Å². The number of hydrogen-bond acceptors (Lipinski definition) is 3. The molecule has 0 radical (unpaired) electrons. The van der Waals surface area contributed by atoms with Gasteiger partial charge in [0.1, 0.15) is 0 Å². The van der Waals surface area contributed by atoms with Crippen LogP contribution in [0.25, 0.3) is 0 Å². The molecule has 0 aromatic carbocycles. The quantitative estimate of drug-likeness (QED) is 0.250. The van der Waals surface area contributed by atoms with E-state index in [9.17, 15) is 0 Å². The predicted molar refractivity (Wildman–Crippen MR) is 51.7 cm³/mol. The van der Waals surface area contributed by atoms with Gasteiger partial charge in [-0.2, -0.15) is 0 Å². The summed E-state index contributed by atoms with van der Waals surface area (Å²) in [4.78, 5) is 0. The van der Waals surface area contributed by atoms with Gasteiger partial charge < -0.3 is 4.74 Å². The molecule has 0 heterocycles. The number of rotatable bonds is 8. The van der Waals surface area contributed by atoms with Gasteiger partial charge in [-0.1, -0.05) is 13.0 Å². The summed E-state index contributed by atoms with van der Waals surface area (Å²) < 4.78 is 5.33. The maximum atomic E-state index is 5.33. The molecular formula is C9H20N2O. The molecule has 1 atom stereocenters. The van der Waals surface area contributed by atoms with Crippen molar-refractivity contribution in [3.63, 3.8) is 0 Å². The van der Waals surface area contributed by atoms with Gasteiger partial charge in [-0.25, -0.2) is 0 Å². The van der Waals surface area contributed by atoms with Crippen LogP contribution in [0, 0.1) is 0 Å². The summed E-state index contributed by atoms with van der Waals surface area (Å²) >= 11 is 0. The van der Waals surface area contributed by atoms with Gasteiger partial charge in [-0.3, -0.25) is 11.3 Å². The Morgan fingerprint density at radius 1 is 1.58 bits per heavy atom. The molecule has 1 unspecified atom stereocenters. The van der Waals surface area contributed by atoms with Gasteiger partial charge in [0.15, 0.2) is 0 Å². The maximum Gasteiger partial charge on any atom is 0.0481 e. The number of hydrazine groups is 1. The summed E-state index contributed by atoms with van der Waals surface area (Å²) in [5.74, 6) is 5.32. The molecule has 12 heavy (non-hydrogen) atoms. The molecule has 0 aromatic heterocycles.